The Balaban J connectivity index is 1.80. The third-order valence-corrected chi connectivity index (χ3v) is 4.67. The Labute approximate surface area is 172 Å². The summed E-state index contributed by atoms with van der Waals surface area (Å²) in [4.78, 5) is 45.3. The summed E-state index contributed by atoms with van der Waals surface area (Å²) in [6.45, 7) is 1.84. The Kier molecular flexibility index (Phi) is 6.14. The standard InChI is InChI=1S/C20H25N7O3/c1-5-6-15-22-18-17(19(29)23-20(30)26(18)4)27(15)12-16(28)24-21-11-13-7-9-14(10-8-13)25(2)3/h7-11H,5-6,12H2,1-4H3,(H,24,28)(H,23,29,30). The molecule has 2 heterocycles. The minimum atomic E-state index is -0.569. The maximum atomic E-state index is 12.4. The number of hydrogen-bond donors (Lipinski definition) is 2. The van der Waals surface area contributed by atoms with Gasteiger partial charge in [-0.15, -0.1) is 0 Å². The summed E-state index contributed by atoms with van der Waals surface area (Å²) in [6.07, 6.45) is 2.89. The van der Waals surface area contributed by atoms with E-state index < -0.39 is 17.2 Å². The molecule has 0 bridgehead atoms. The van der Waals surface area contributed by atoms with Gasteiger partial charge in [0.25, 0.3) is 11.5 Å². The number of carbonyl (C=O) groups is 1. The quantitative estimate of drug-likeness (QED) is 0.436. The summed E-state index contributed by atoms with van der Waals surface area (Å²) < 4.78 is 2.80. The van der Waals surface area contributed by atoms with Gasteiger partial charge in [-0.2, -0.15) is 5.10 Å². The lowest BCUT2D eigenvalue weighted by Gasteiger charge is -2.11. The topological polar surface area (TPSA) is 117 Å². The average molecular weight is 411 g/mol. The molecule has 0 saturated heterocycles. The zero-order chi connectivity index (χ0) is 21.8. The van der Waals surface area contributed by atoms with Crippen molar-refractivity contribution >= 4 is 29.0 Å². The number of benzene rings is 1. The van der Waals surface area contributed by atoms with Crippen LogP contribution in [0.15, 0.2) is 39.0 Å². The number of nitrogens with zero attached hydrogens (tertiary/aromatic N) is 5. The summed E-state index contributed by atoms with van der Waals surface area (Å²) in [7, 11) is 5.44. The molecule has 1 amide bonds. The van der Waals surface area contributed by atoms with Gasteiger partial charge in [0.1, 0.15) is 12.4 Å². The van der Waals surface area contributed by atoms with Gasteiger partial charge in [-0.05, 0) is 24.1 Å². The van der Waals surface area contributed by atoms with Gasteiger partial charge in [0.2, 0.25) is 0 Å². The molecule has 3 aromatic rings. The first kappa shape index (κ1) is 21.0. The van der Waals surface area contributed by atoms with E-state index >= 15 is 0 Å². The summed E-state index contributed by atoms with van der Waals surface area (Å²) >= 11 is 0. The van der Waals surface area contributed by atoms with Crippen LogP contribution in [-0.2, 0) is 24.8 Å². The maximum absolute atomic E-state index is 12.4. The van der Waals surface area contributed by atoms with Crippen LogP contribution < -0.4 is 21.6 Å². The number of hydrogen-bond acceptors (Lipinski definition) is 6. The fourth-order valence-electron chi connectivity index (χ4n) is 3.08. The van der Waals surface area contributed by atoms with Crippen molar-refractivity contribution in [2.75, 3.05) is 19.0 Å². The van der Waals surface area contributed by atoms with E-state index in [9.17, 15) is 14.4 Å². The number of imidazole rings is 1. The van der Waals surface area contributed by atoms with Crippen molar-refractivity contribution < 1.29 is 4.79 Å². The molecule has 158 valence electrons. The lowest BCUT2D eigenvalue weighted by atomic mass is 10.2. The van der Waals surface area contributed by atoms with Crippen LogP contribution in [0.1, 0.15) is 24.7 Å². The molecule has 0 unspecified atom stereocenters. The first-order valence-corrected chi connectivity index (χ1v) is 9.59. The number of aryl methyl sites for hydroxylation is 2. The highest BCUT2D eigenvalue weighted by Crippen LogP contribution is 2.13. The number of fused-ring (bicyclic) bond motifs is 1. The van der Waals surface area contributed by atoms with Crippen LogP contribution in [0.2, 0.25) is 0 Å². The number of nitrogens with one attached hydrogen (secondary N) is 2. The highest BCUT2D eigenvalue weighted by molar-refractivity contribution is 5.83. The molecule has 0 aliphatic heterocycles. The number of rotatable bonds is 7. The molecule has 0 fully saturated rings. The van der Waals surface area contributed by atoms with Gasteiger partial charge >= 0.3 is 5.69 Å². The molecule has 2 N–H and O–H groups in total. The Hall–Kier alpha value is -3.69. The first-order chi connectivity index (χ1) is 14.3. The second-order valence-electron chi connectivity index (χ2n) is 7.13. The zero-order valence-electron chi connectivity index (χ0n) is 17.5. The number of aromatic amines is 1. The third-order valence-electron chi connectivity index (χ3n) is 4.67. The molecular formula is C20H25N7O3. The van der Waals surface area contributed by atoms with Gasteiger partial charge in [-0.1, -0.05) is 19.1 Å². The molecular weight excluding hydrogens is 386 g/mol. The number of amides is 1. The second-order valence-corrected chi connectivity index (χ2v) is 7.13. The molecule has 3 rings (SSSR count). The fraction of sp³-hybridized carbons (Fsp3) is 0.350. The largest absolute Gasteiger partial charge is 0.378 e. The first-order valence-electron chi connectivity index (χ1n) is 9.59. The third kappa shape index (κ3) is 4.32. The van der Waals surface area contributed by atoms with Crippen molar-refractivity contribution in [1.29, 1.82) is 0 Å². The van der Waals surface area contributed by atoms with Crippen LogP contribution in [0, 0.1) is 0 Å². The number of H-pyrrole nitrogens is 1. The Bertz CT molecular complexity index is 1200. The molecule has 0 radical (unpaired) electrons. The van der Waals surface area contributed by atoms with Crippen LogP contribution in [0.25, 0.3) is 11.2 Å². The Morgan fingerprint density at radius 2 is 1.97 bits per heavy atom. The van der Waals surface area contributed by atoms with E-state index in [4.69, 9.17) is 0 Å². The van der Waals surface area contributed by atoms with E-state index in [1.54, 1.807) is 6.21 Å². The van der Waals surface area contributed by atoms with E-state index in [0.717, 1.165) is 17.7 Å². The zero-order valence-corrected chi connectivity index (χ0v) is 17.5. The van der Waals surface area contributed by atoms with E-state index in [-0.39, 0.29) is 17.7 Å². The molecule has 30 heavy (non-hydrogen) atoms. The lowest BCUT2D eigenvalue weighted by Crippen LogP contribution is -2.30. The summed E-state index contributed by atoms with van der Waals surface area (Å²) in [6, 6.07) is 7.70. The van der Waals surface area contributed by atoms with E-state index in [1.165, 1.54) is 16.2 Å². The lowest BCUT2D eigenvalue weighted by molar-refractivity contribution is -0.121. The van der Waals surface area contributed by atoms with Gasteiger partial charge in [0, 0.05) is 33.3 Å². The van der Waals surface area contributed by atoms with Gasteiger partial charge < -0.3 is 9.47 Å². The number of anilines is 1. The Morgan fingerprint density at radius 3 is 2.60 bits per heavy atom. The van der Waals surface area contributed by atoms with Crippen molar-refractivity contribution in [3.63, 3.8) is 0 Å². The van der Waals surface area contributed by atoms with Crippen molar-refractivity contribution in [3.05, 3.63) is 56.5 Å². The van der Waals surface area contributed by atoms with Gasteiger partial charge in [-0.3, -0.25) is 19.1 Å². The monoisotopic (exact) mass is 411 g/mol. The van der Waals surface area contributed by atoms with Gasteiger partial charge in [-0.25, -0.2) is 15.2 Å². The van der Waals surface area contributed by atoms with E-state index in [0.29, 0.717) is 12.2 Å². The molecule has 0 atom stereocenters. The Morgan fingerprint density at radius 1 is 1.27 bits per heavy atom. The van der Waals surface area contributed by atoms with Crippen LogP contribution >= 0.6 is 0 Å². The summed E-state index contributed by atoms with van der Waals surface area (Å²) in [5, 5.41) is 3.99. The van der Waals surface area contributed by atoms with E-state index in [1.807, 2.05) is 50.2 Å². The highest BCUT2D eigenvalue weighted by Gasteiger charge is 2.18. The molecule has 10 nitrogen and oxygen atoms in total. The molecule has 0 aliphatic rings. The van der Waals surface area contributed by atoms with Crippen LogP contribution in [-0.4, -0.2) is 45.3 Å². The van der Waals surface area contributed by atoms with Crippen molar-refractivity contribution in [3.8, 4) is 0 Å². The minimum Gasteiger partial charge on any atom is -0.378 e. The van der Waals surface area contributed by atoms with E-state index in [2.05, 4.69) is 20.5 Å². The molecule has 0 saturated carbocycles. The summed E-state index contributed by atoms with van der Waals surface area (Å²) in [5.41, 5.74) is 3.71. The van der Waals surface area contributed by atoms with Crippen molar-refractivity contribution in [1.82, 2.24) is 24.5 Å². The molecule has 1 aromatic carbocycles. The molecule has 0 spiro atoms. The molecule has 0 aliphatic carbocycles. The number of carbonyl (C=O) groups excluding carboxylic acids is 1. The highest BCUT2D eigenvalue weighted by atomic mass is 16.2. The average Bonchev–Trinajstić information content (AvgIpc) is 3.05. The van der Waals surface area contributed by atoms with Gasteiger partial charge in [0.15, 0.2) is 11.2 Å². The van der Waals surface area contributed by atoms with Crippen LogP contribution in [0.5, 0.6) is 0 Å². The molecule has 2 aromatic heterocycles. The number of hydrazone groups is 1. The second kappa shape index (κ2) is 8.76. The maximum Gasteiger partial charge on any atom is 0.329 e. The smallest absolute Gasteiger partial charge is 0.329 e. The normalized spacial score (nSPS) is 11.3. The summed E-state index contributed by atoms with van der Waals surface area (Å²) in [5.74, 6) is 0.165. The predicted molar refractivity (Wildman–Crippen MR) is 116 cm³/mol. The van der Waals surface area contributed by atoms with Crippen molar-refractivity contribution in [2.24, 2.45) is 12.1 Å². The predicted octanol–water partition coefficient (Wildman–Crippen LogP) is 0.592. The molecule has 10 heteroatoms. The fourth-order valence-corrected chi connectivity index (χ4v) is 3.08. The number of aromatic nitrogens is 4. The van der Waals surface area contributed by atoms with Crippen molar-refractivity contribution in [2.45, 2.75) is 26.3 Å². The van der Waals surface area contributed by atoms with Gasteiger partial charge in [0.05, 0.1) is 6.21 Å². The van der Waals surface area contributed by atoms with Crippen LogP contribution in [0.4, 0.5) is 5.69 Å². The minimum absolute atomic E-state index is 0.135. The SMILES string of the molecule is CCCc1nc2c(c(=O)[nH]c(=O)n2C)n1CC(=O)NN=Cc1ccc(N(C)C)cc1. The van der Waals surface area contributed by atoms with Crippen LogP contribution in [0.3, 0.4) is 0 Å².